The van der Waals surface area contributed by atoms with E-state index in [1.807, 2.05) is 29.8 Å². The molecule has 1 aromatic rings. The second-order valence-corrected chi connectivity index (χ2v) is 4.73. The molecule has 1 rings (SSSR count). The second-order valence-electron chi connectivity index (χ2n) is 4.73. The number of hydrogen-bond donors (Lipinski definition) is 2. The van der Waals surface area contributed by atoms with Crippen LogP contribution < -0.4 is 10.6 Å². The molecule has 1 amide bonds. The van der Waals surface area contributed by atoms with Gasteiger partial charge in [0.2, 0.25) is 5.91 Å². The molecule has 0 saturated carbocycles. The van der Waals surface area contributed by atoms with Crippen molar-refractivity contribution in [3.05, 3.63) is 24.0 Å². The lowest BCUT2D eigenvalue weighted by Crippen LogP contribution is -2.38. The molecule has 1 unspecified atom stereocenters. The highest BCUT2D eigenvalue weighted by Crippen LogP contribution is 2.02. The Morgan fingerprint density at radius 2 is 2.32 bits per heavy atom. The first-order valence-electron chi connectivity index (χ1n) is 6.80. The molecule has 0 fully saturated rings. The molecule has 1 heterocycles. The quantitative estimate of drug-likeness (QED) is 0.660. The van der Waals surface area contributed by atoms with Crippen molar-refractivity contribution in [3.8, 4) is 0 Å². The van der Waals surface area contributed by atoms with Crippen LogP contribution in [0.3, 0.4) is 0 Å². The zero-order valence-electron chi connectivity index (χ0n) is 12.1. The van der Waals surface area contributed by atoms with Gasteiger partial charge in [0.05, 0.1) is 6.61 Å². The molecule has 108 valence electrons. The SMILES string of the molecule is CCCNCc1cccn1CC(=O)NC(C)COC. The van der Waals surface area contributed by atoms with E-state index in [1.54, 1.807) is 7.11 Å². The maximum atomic E-state index is 11.9. The van der Waals surface area contributed by atoms with Crippen molar-refractivity contribution in [2.45, 2.75) is 39.4 Å². The summed E-state index contributed by atoms with van der Waals surface area (Å²) in [6.07, 6.45) is 3.04. The minimum atomic E-state index is 0.0116. The highest BCUT2D eigenvalue weighted by molar-refractivity contribution is 5.76. The third-order valence-corrected chi connectivity index (χ3v) is 2.79. The molecule has 0 aliphatic heterocycles. The lowest BCUT2D eigenvalue weighted by atomic mass is 10.3. The second kappa shape index (κ2) is 8.72. The summed E-state index contributed by atoms with van der Waals surface area (Å²) in [6, 6.07) is 4.04. The molecule has 0 saturated heterocycles. The van der Waals surface area contributed by atoms with Gasteiger partial charge in [-0.1, -0.05) is 6.92 Å². The van der Waals surface area contributed by atoms with Crippen LogP contribution in [0.1, 0.15) is 26.0 Å². The van der Waals surface area contributed by atoms with Gasteiger partial charge >= 0.3 is 0 Å². The molecule has 5 nitrogen and oxygen atoms in total. The van der Waals surface area contributed by atoms with Crippen LogP contribution in [-0.4, -0.2) is 36.8 Å². The van der Waals surface area contributed by atoms with Gasteiger partial charge in [-0.2, -0.15) is 0 Å². The number of methoxy groups -OCH3 is 1. The zero-order chi connectivity index (χ0) is 14.1. The Hall–Kier alpha value is -1.33. The van der Waals surface area contributed by atoms with Crippen LogP contribution in [0.2, 0.25) is 0 Å². The molecule has 0 aliphatic carbocycles. The molecule has 0 spiro atoms. The third kappa shape index (κ3) is 5.89. The number of hydrogen-bond acceptors (Lipinski definition) is 3. The van der Waals surface area contributed by atoms with E-state index in [1.165, 1.54) is 0 Å². The average molecular weight is 267 g/mol. The van der Waals surface area contributed by atoms with Crippen LogP contribution in [0.25, 0.3) is 0 Å². The van der Waals surface area contributed by atoms with Crippen LogP contribution in [0, 0.1) is 0 Å². The summed E-state index contributed by atoms with van der Waals surface area (Å²) >= 11 is 0. The summed E-state index contributed by atoms with van der Waals surface area (Å²) in [4.78, 5) is 11.9. The van der Waals surface area contributed by atoms with Gasteiger partial charge in [-0.05, 0) is 32.0 Å². The number of ether oxygens (including phenoxy) is 1. The first-order chi connectivity index (χ1) is 9.17. The number of carbonyl (C=O) groups is 1. The zero-order valence-corrected chi connectivity index (χ0v) is 12.1. The Labute approximate surface area is 115 Å². The van der Waals surface area contributed by atoms with E-state index in [4.69, 9.17) is 4.74 Å². The van der Waals surface area contributed by atoms with Gasteiger partial charge < -0.3 is 19.9 Å². The van der Waals surface area contributed by atoms with Crippen molar-refractivity contribution in [3.63, 3.8) is 0 Å². The number of amides is 1. The molecule has 19 heavy (non-hydrogen) atoms. The fourth-order valence-electron chi connectivity index (χ4n) is 1.92. The molecule has 0 aromatic carbocycles. The first kappa shape index (κ1) is 15.7. The standard InChI is InChI=1S/C14H25N3O2/c1-4-7-15-9-13-6-5-8-17(13)10-14(18)16-12(2)11-19-3/h5-6,8,12,15H,4,7,9-11H2,1-3H3,(H,16,18). The number of nitrogens with one attached hydrogen (secondary N) is 2. The van der Waals surface area contributed by atoms with Crippen molar-refractivity contribution in [2.75, 3.05) is 20.3 Å². The predicted molar refractivity (Wildman–Crippen MR) is 75.9 cm³/mol. The molecule has 0 aliphatic rings. The van der Waals surface area contributed by atoms with Crippen molar-refractivity contribution in [1.29, 1.82) is 0 Å². The topological polar surface area (TPSA) is 55.3 Å². The van der Waals surface area contributed by atoms with E-state index < -0.39 is 0 Å². The summed E-state index contributed by atoms with van der Waals surface area (Å²) in [5.74, 6) is 0.0116. The molecule has 5 heteroatoms. The summed E-state index contributed by atoms with van der Waals surface area (Å²) in [6.45, 7) is 6.73. The molecule has 2 N–H and O–H groups in total. The van der Waals surface area contributed by atoms with Gasteiger partial charge in [-0.15, -0.1) is 0 Å². The Morgan fingerprint density at radius 3 is 3.00 bits per heavy atom. The summed E-state index contributed by atoms with van der Waals surface area (Å²) in [5.41, 5.74) is 1.13. The largest absolute Gasteiger partial charge is 0.383 e. The van der Waals surface area contributed by atoms with E-state index in [9.17, 15) is 4.79 Å². The van der Waals surface area contributed by atoms with Crippen molar-refractivity contribution in [2.24, 2.45) is 0 Å². The van der Waals surface area contributed by atoms with Gasteiger partial charge in [-0.25, -0.2) is 0 Å². The molecule has 1 aromatic heterocycles. The normalized spacial score (nSPS) is 12.4. The summed E-state index contributed by atoms with van der Waals surface area (Å²) in [7, 11) is 1.63. The van der Waals surface area contributed by atoms with Crippen molar-refractivity contribution >= 4 is 5.91 Å². The first-order valence-corrected chi connectivity index (χ1v) is 6.80. The average Bonchev–Trinajstić information content (AvgIpc) is 2.77. The fourth-order valence-corrected chi connectivity index (χ4v) is 1.92. The van der Waals surface area contributed by atoms with Crippen LogP contribution >= 0.6 is 0 Å². The summed E-state index contributed by atoms with van der Waals surface area (Å²) < 4.78 is 6.97. The van der Waals surface area contributed by atoms with E-state index >= 15 is 0 Å². The monoisotopic (exact) mass is 267 g/mol. The maximum absolute atomic E-state index is 11.9. The van der Waals surface area contributed by atoms with Crippen molar-refractivity contribution in [1.82, 2.24) is 15.2 Å². The fraction of sp³-hybridized carbons (Fsp3) is 0.643. The van der Waals surface area contributed by atoms with Gasteiger partial charge in [0.25, 0.3) is 0 Å². The minimum Gasteiger partial charge on any atom is -0.383 e. The number of nitrogens with zero attached hydrogens (tertiary/aromatic N) is 1. The van der Waals surface area contributed by atoms with Crippen LogP contribution in [0.4, 0.5) is 0 Å². The van der Waals surface area contributed by atoms with Crippen LogP contribution in [0.5, 0.6) is 0 Å². The molecular weight excluding hydrogens is 242 g/mol. The lowest BCUT2D eigenvalue weighted by molar-refractivity contribution is -0.122. The van der Waals surface area contributed by atoms with Gasteiger partial charge in [0, 0.05) is 31.6 Å². The van der Waals surface area contributed by atoms with Crippen LogP contribution in [0.15, 0.2) is 18.3 Å². The highest BCUT2D eigenvalue weighted by atomic mass is 16.5. The number of carbonyl (C=O) groups excluding carboxylic acids is 1. The van der Waals surface area contributed by atoms with Crippen molar-refractivity contribution < 1.29 is 9.53 Å². The smallest absolute Gasteiger partial charge is 0.240 e. The van der Waals surface area contributed by atoms with Gasteiger partial charge in [0.15, 0.2) is 0 Å². The van der Waals surface area contributed by atoms with Gasteiger partial charge in [0.1, 0.15) is 6.54 Å². The molecule has 0 radical (unpaired) electrons. The Morgan fingerprint density at radius 1 is 1.53 bits per heavy atom. The predicted octanol–water partition coefficient (Wildman–Crippen LogP) is 1.14. The number of rotatable bonds is 9. The van der Waals surface area contributed by atoms with Gasteiger partial charge in [-0.3, -0.25) is 4.79 Å². The summed E-state index contributed by atoms with van der Waals surface area (Å²) in [5, 5.41) is 6.25. The van der Waals surface area contributed by atoms with Crippen LogP contribution in [-0.2, 0) is 22.6 Å². The minimum absolute atomic E-state index is 0.0116. The highest BCUT2D eigenvalue weighted by Gasteiger charge is 2.09. The molecule has 0 bridgehead atoms. The Balaban J connectivity index is 2.43. The third-order valence-electron chi connectivity index (χ3n) is 2.79. The van der Waals surface area contributed by atoms with E-state index in [0.29, 0.717) is 13.2 Å². The molecule has 1 atom stereocenters. The maximum Gasteiger partial charge on any atom is 0.240 e. The lowest BCUT2D eigenvalue weighted by Gasteiger charge is -2.14. The number of aromatic nitrogens is 1. The Kier molecular flexibility index (Phi) is 7.22. The van der Waals surface area contributed by atoms with E-state index in [2.05, 4.69) is 17.6 Å². The van der Waals surface area contributed by atoms with E-state index in [-0.39, 0.29) is 11.9 Å². The molecular formula is C14H25N3O2. The van der Waals surface area contributed by atoms with E-state index in [0.717, 1.165) is 25.2 Å². The Bertz CT molecular complexity index is 377.